The molecule has 0 bridgehead atoms. The van der Waals surface area contributed by atoms with E-state index in [0.717, 1.165) is 0 Å². The van der Waals surface area contributed by atoms with Gasteiger partial charge in [-0.05, 0) is 24.6 Å². The molecule has 0 radical (unpaired) electrons. The molecule has 0 amide bonds. The van der Waals surface area contributed by atoms with Gasteiger partial charge in [0.15, 0.2) is 0 Å². The van der Waals surface area contributed by atoms with Crippen LogP contribution in [-0.4, -0.2) is 11.6 Å². The van der Waals surface area contributed by atoms with E-state index in [-0.39, 0.29) is 12.2 Å². The normalized spacial score (nSPS) is 10.2. The lowest BCUT2D eigenvalue weighted by Crippen LogP contribution is -2.12. The molecule has 0 saturated heterocycles. The summed E-state index contributed by atoms with van der Waals surface area (Å²) in [7, 11) is 0. The van der Waals surface area contributed by atoms with Gasteiger partial charge in [-0.25, -0.2) is 4.39 Å². The van der Waals surface area contributed by atoms with Crippen molar-refractivity contribution >= 4 is 0 Å². The summed E-state index contributed by atoms with van der Waals surface area (Å²) in [4.78, 5) is 14.3. The lowest BCUT2D eigenvalue weighted by Gasteiger charge is -2.08. The summed E-state index contributed by atoms with van der Waals surface area (Å²) >= 11 is 0. The topological polar surface area (TPSA) is 65.9 Å². The number of aromatic amines is 1. The number of nitrogens with one attached hydrogen (secondary N) is 1. The summed E-state index contributed by atoms with van der Waals surface area (Å²) in [5, 5.41) is 9.13. The van der Waals surface area contributed by atoms with Crippen molar-refractivity contribution in [3.05, 3.63) is 69.9 Å². The standard InChI is InChI=1S/C17H15FN2O2/c1-3-6-22-10-13-5-4-12(8-16(13)18)14-7-11(2)20-17(21)15(14)9-19/h3-5,7-8H,1,6,10H2,2H3,(H,20,21). The van der Waals surface area contributed by atoms with E-state index >= 15 is 0 Å². The Labute approximate surface area is 127 Å². The first-order chi connectivity index (χ1) is 10.6. The molecule has 4 nitrogen and oxygen atoms in total. The van der Waals surface area contributed by atoms with E-state index in [2.05, 4.69) is 11.6 Å². The molecule has 0 spiro atoms. The van der Waals surface area contributed by atoms with Crippen LogP contribution in [0.15, 0.2) is 41.7 Å². The Morgan fingerprint density at radius 1 is 1.45 bits per heavy atom. The van der Waals surface area contributed by atoms with Crippen LogP contribution in [0.25, 0.3) is 11.1 Å². The van der Waals surface area contributed by atoms with E-state index in [9.17, 15) is 9.18 Å². The number of aromatic nitrogens is 1. The maximum Gasteiger partial charge on any atom is 0.266 e. The van der Waals surface area contributed by atoms with Gasteiger partial charge in [-0.1, -0.05) is 18.2 Å². The van der Waals surface area contributed by atoms with Crippen molar-refractivity contribution in [2.45, 2.75) is 13.5 Å². The molecule has 0 fully saturated rings. The molecule has 0 saturated carbocycles. The SMILES string of the molecule is C=CCOCc1ccc(-c2cc(C)[nH]c(=O)c2C#N)cc1F. The first-order valence-corrected chi connectivity index (χ1v) is 6.68. The number of benzene rings is 1. The molecule has 0 aliphatic heterocycles. The van der Waals surface area contributed by atoms with Crippen LogP contribution in [0, 0.1) is 24.1 Å². The molecule has 0 aliphatic carbocycles. The summed E-state index contributed by atoms with van der Waals surface area (Å²) in [6.07, 6.45) is 1.59. The number of ether oxygens (including phenoxy) is 1. The number of aryl methyl sites for hydroxylation is 1. The molecule has 112 valence electrons. The van der Waals surface area contributed by atoms with E-state index in [0.29, 0.717) is 29.0 Å². The van der Waals surface area contributed by atoms with Crippen molar-refractivity contribution in [1.29, 1.82) is 5.26 Å². The largest absolute Gasteiger partial charge is 0.373 e. The van der Waals surface area contributed by atoms with Crippen molar-refractivity contribution in [1.82, 2.24) is 4.98 Å². The highest BCUT2D eigenvalue weighted by Crippen LogP contribution is 2.24. The number of nitrogens with zero attached hydrogens (tertiary/aromatic N) is 1. The van der Waals surface area contributed by atoms with Gasteiger partial charge in [0.25, 0.3) is 5.56 Å². The highest BCUT2D eigenvalue weighted by atomic mass is 19.1. The molecule has 0 atom stereocenters. The fourth-order valence-corrected chi connectivity index (χ4v) is 2.11. The Hall–Kier alpha value is -2.71. The van der Waals surface area contributed by atoms with Crippen molar-refractivity contribution in [2.24, 2.45) is 0 Å². The molecule has 1 N–H and O–H groups in total. The maximum atomic E-state index is 14.1. The summed E-state index contributed by atoms with van der Waals surface area (Å²) in [6, 6.07) is 8.09. The van der Waals surface area contributed by atoms with E-state index in [1.165, 1.54) is 6.07 Å². The summed E-state index contributed by atoms with van der Waals surface area (Å²) < 4.78 is 19.3. The number of rotatable bonds is 5. The molecule has 22 heavy (non-hydrogen) atoms. The van der Waals surface area contributed by atoms with Gasteiger partial charge in [0, 0.05) is 16.8 Å². The van der Waals surface area contributed by atoms with Crippen LogP contribution >= 0.6 is 0 Å². The second-order valence-corrected chi connectivity index (χ2v) is 4.79. The Balaban J connectivity index is 2.43. The summed E-state index contributed by atoms with van der Waals surface area (Å²) in [6.45, 7) is 5.71. The average Bonchev–Trinajstić information content (AvgIpc) is 2.48. The van der Waals surface area contributed by atoms with Gasteiger partial charge in [-0.3, -0.25) is 4.79 Å². The number of hydrogen-bond acceptors (Lipinski definition) is 3. The summed E-state index contributed by atoms with van der Waals surface area (Å²) in [5.41, 5.74) is 1.41. The van der Waals surface area contributed by atoms with Gasteiger partial charge in [-0.2, -0.15) is 5.26 Å². The quantitative estimate of drug-likeness (QED) is 0.681. The molecular weight excluding hydrogens is 283 g/mol. The number of nitriles is 1. The molecule has 0 unspecified atom stereocenters. The Kier molecular flexibility index (Phi) is 4.87. The Morgan fingerprint density at radius 2 is 2.23 bits per heavy atom. The number of hydrogen-bond donors (Lipinski definition) is 1. The highest BCUT2D eigenvalue weighted by molar-refractivity contribution is 5.70. The zero-order chi connectivity index (χ0) is 16.1. The molecule has 2 aromatic rings. The van der Waals surface area contributed by atoms with Gasteiger partial charge >= 0.3 is 0 Å². The molecular formula is C17H15FN2O2. The molecule has 1 heterocycles. The van der Waals surface area contributed by atoms with Crippen LogP contribution < -0.4 is 5.56 Å². The van der Waals surface area contributed by atoms with Gasteiger partial charge in [0.2, 0.25) is 0 Å². The molecule has 2 rings (SSSR count). The Bertz CT molecular complexity index is 803. The second kappa shape index (κ2) is 6.83. The van der Waals surface area contributed by atoms with Crippen molar-refractivity contribution in [3.63, 3.8) is 0 Å². The lowest BCUT2D eigenvalue weighted by molar-refractivity contribution is 0.146. The molecule has 0 aliphatic rings. The van der Waals surface area contributed by atoms with Gasteiger partial charge in [0.1, 0.15) is 17.4 Å². The van der Waals surface area contributed by atoms with Crippen molar-refractivity contribution in [2.75, 3.05) is 6.61 Å². The van der Waals surface area contributed by atoms with Gasteiger partial charge in [-0.15, -0.1) is 6.58 Å². The third kappa shape index (κ3) is 3.30. The van der Waals surface area contributed by atoms with Crippen LogP contribution in [0.4, 0.5) is 4.39 Å². The first kappa shape index (κ1) is 15.7. The fraction of sp³-hybridized carbons (Fsp3) is 0.176. The minimum absolute atomic E-state index is 0.0272. The van der Waals surface area contributed by atoms with Crippen LogP contribution in [-0.2, 0) is 11.3 Å². The van der Waals surface area contributed by atoms with Crippen LogP contribution in [0.1, 0.15) is 16.8 Å². The molecule has 5 heteroatoms. The first-order valence-electron chi connectivity index (χ1n) is 6.68. The molecule has 1 aromatic heterocycles. The van der Waals surface area contributed by atoms with Crippen molar-refractivity contribution < 1.29 is 9.13 Å². The van der Waals surface area contributed by atoms with E-state index in [1.807, 2.05) is 6.07 Å². The maximum absolute atomic E-state index is 14.1. The summed E-state index contributed by atoms with van der Waals surface area (Å²) in [5.74, 6) is -0.441. The minimum atomic E-state index is -0.476. The monoisotopic (exact) mass is 298 g/mol. The van der Waals surface area contributed by atoms with Gasteiger partial charge < -0.3 is 9.72 Å². The smallest absolute Gasteiger partial charge is 0.266 e. The predicted molar refractivity (Wildman–Crippen MR) is 81.8 cm³/mol. The van der Waals surface area contributed by atoms with Crippen LogP contribution in [0.5, 0.6) is 0 Å². The van der Waals surface area contributed by atoms with E-state index in [1.54, 1.807) is 31.2 Å². The Morgan fingerprint density at radius 3 is 2.86 bits per heavy atom. The third-order valence-corrected chi connectivity index (χ3v) is 3.14. The highest BCUT2D eigenvalue weighted by Gasteiger charge is 2.12. The van der Waals surface area contributed by atoms with Gasteiger partial charge in [0.05, 0.1) is 13.2 Å². The lowest BCUT2D eigenvalue weighted by atomic mass is 9.99. The van der Waals surface area contributed by atoms with Crippen LogP contribution in [0.3, 0.4) is 0 Å². The average molecular weight is 298 g/mol. The second-order valence-electron chi connectivity index (χ2n) is 4.79. The van der Waals surface area contributed by atoms with E-state index < -0.39 is 11.4 Å². The zero-order valence-corrected chi connectivity index (χ0v) is 12.1. The number of pyridine rings is 1. The third-order valence-electron chi connectivity index (χ3n) is 3.14. The molecule has 1 aromatic carbocycles. The number of H-pyrrole nitrogens is 1. The van der Waals surface area contributed by atoms with Crippen LogP contribution in [0.2, 0.25) is 0 Å². The predicted octanol–water partition coefficient (Wildman–Crippen LogP) is 3.06. The number of halogens is 1. The fourth-order valence-electron chi connectivity index (χ4n) is 2.11. The van der Waals surface area contributed by atoms with Crippen molar-refractivity contribution in [3.8, 4) is 17.2 Å². The zero-order valence-electron chi connectivity index (χ0n) is 12.1. The van der Waals surface area contributed by atoms with E-state index in [4.69, 9.17) is 10.00 Å². The minimum Gasteiger partial charge on any atom is -0.373 e.